The van der Waals surface area contributed by atoms with Gasteiger partial charge in [-0.25, -0.2) is 0 Å². The number of nitrogens with one attached hydrogen (secondary N) is 2. The third kappa shape index (κ3) is 6.59. The Hall–Kier alpha value is -2.36. The van der Waals surface area contributed by atoms with Gasteiger partial charge in [0.15, 0.2) is 11.0 Å². The smallest absolute Gasteiger partial charge is 0.251 e. The molecule has 2 aromatic carbocycles. The van der Waals surface area contributed by atoms with Crippen molar-refractivity contribution in [1.82, 2.24) is 20.1 Å². The Morgan fingerprint density at radius 1 is 1.15 bits per heavy atom. The van der Waals surface area contributed by atoms with E-state index in [1.54, 1.807) is 30.3 Å². The van der Waals surface area contributed by atoms with Gasteiger partial charge in [0.25, 0.3) is 5.91 Å². The third-order valence-electron chi connectivity index (χ3n) is 4.95. The van der Waals surface area contributed by atoms with Crippen LogP contribution in [-0.2, 0) is 11.8 Å². The van der Waals surface area contributed by atoms with Crippen molar-refractivity contribution in [2.75, 3.05) is 11.1 Å². The highest BCUT2D eigenvalue weighted by atomic mass is 79.9. The van der Waals surface area contributed by atoms with Crippen molar-refractivity contribution < 1.29 is 9.59 Å². The lowest BCUT2D eigenvalue weighted by Gasteiger charge is -2.21. The quantitative estimate of drug-likeness (QED) is 0.367. The highest BCUT2D eigenvalue weighted by molar-refractivity contribution is 9.10. The minimum Gasteiger partial charge on any atom is -0.342 e. The monoisotopic (exact) mass is 549 g/mol. The van der Waals surface area contributed by atoms with Crippen LogP contribution >= 0.6 is 39.3 Å². The zero-order chi connectivity index (χ0) is 24.1. The predicted molar refractivity (Wildman–Crippen MR) is 136 cm³/mol. The van der Waals surface area contributed by atoms with Gasteiger partial charge in [0.1, 0.15) is 0 Å². The summed E-state index contributed by atoms with van der Waals surface area (Å²) in [6.45, 7) is 6.00. The lowest BCUT2D eigenvalue weighted by Crippen LogP contribution is -2.33. The van der Waals surface area contributed by atoms with Crippen molar-refractivity contribution in [3.8, 4) is 0 Å². The lowest BCUT2D eigenvalue weighted by molar-refractivity contribution is -0.113. The molecule has 0 aliphatic heterocycles. The predicted octanol–water partition coefficient (Wildman–Crippen LogP) is 5.40. The molecule has 174 valence electrons. The van der Waals surface area contributed by atoms with Gasteiger partial charge in [-0.3, -0.25) is 9.59 Å². The number of carbonyl (C=O) groups excluding carboxylic acids is 2. The van der Waals surface area contributed by atoms with Gasteiger partial charge >= 0.3 is 0 Å². The topological polar surface area (TPSA) is 88.9 Å². The van der Waals surface area contributed by atoms with Gasteiger partial charge in [-0.1, -0.05) is 54.9 Å². The van der Waals surface area contributed by atoms with E-state index < -0.39 is 0 Å². The molecule has 2 N–H and O–H groups in total. The van der Waals surface area contributed by atoms with E-state index in [1.165, 1.54) is 11.8 Å². The summed E-state index contributed by atoms with van der Waals surface area (Å²) in [7, 11) is 1.83. The summed E-state index contributed by atoms with van der Waals surface area (Å²) in [5.41, 5.74) is 2.30. The van der Waals surface area contributed by atoms with E-state index >= 15 is 0 Å². The number of hydrogen-bond donors (Lipinski definition) is 2. The fourth-order valence-corrected chi connectivity index (χ4v) is 4.23. The molecule has 0 fully saturated rings. The van der Waals surface area contributed by atoms with Crippen LogP contribution in [-0.4, -0.2) is 32.3 Å². The lowest BCUT2D eigenvalue weighted by atomic mass is 10.0. The molecule has 0 saturated heterocycles. The number of amides is 2. The van der Waals surface area contributed by atoms with E-state index in [0.717, 1.165) is 10.0 Å². The van der Waals surface area contributed by atoms with Gasteiger partial charge in [-0.15, -0.1) is 10.2 Å². The fraction of sp³-hybridized carbons (Fsp3) is 0.304. The molecule has 10 heteroatoms. The number of aryl methyl sites for hydroxylation is 1. The van der Waals surface area contributed by atoms with Crippen LogP contribution < -0.4 is 10.6 Å². The Morgan fingerprint density at radius 3 is 2.48 bits per heavy atom. The largest absolute Gasteiger partial charge is 0.342 e. The van der Waals surface area contributed by atoms with E-state index in [2.05, 4.69) is 36.8 Å². The molecule has 1 heterocycles. The summed E-state index contributed by atoms with van der Waals surface area (Å²) in [4.78, 5) is 25.1. The molecule has 0 aliphatic rings. The molecule has 1 aromatic heterocycles. The van der Waals surface area contributed by atoms with E-state index in [-0.39, 0.29) is 29.5 Å². The first-order chi connectivity index (χ1) is 15.7. The summed E-state index contributed by atoms with van der Waals surface area (Å²) in [5, 5.41) is 15.5. The zero-order valence-electron chi connectivity index (χ0n) is 18.7. The van der Waals surface area contributed by atoms with E-state index in [1.807, 2.05) is 44.5 Å². The highest BCUT2D eigenvalue weighted by Gasteiger charge is 2.25. The third-order valence-corrected chi connectivity index (χ3v) is 7.20. The van der Waals surface area contributed by atoms with Crippen LogP contribution in [0.15, 0.2) is 52.1 Å². The second-order valence-corrected chi connectivity index (χ2v) is 10.1. The Balaban J connectivity index is 1.65. The Bertz CT molecular complexity index is 1150. The van der Waals surface area contributed by atoms with Crippen LogP contribution in [0.1, 0.15) is 41.6 Å². The first-order valence-electron chi connectivity index (χ1n) is 10.3. The number of carbonyl (C=O) groups is 2. The number of benzene rings is 2. The number of hydrogen-bond acceptors (Lipinski definition) is 5. The van der Waals surface area contributed by atoms with Crippen molar-refractivity contribution in [2.45, 2.75) is 32.0 Å². The number of aromatic nitrogens is 3. The minimum atomic E-state index is -0.329. The molecule has 7 nitrogen and oxygen atoms in total. The molecule has 0 bridgehead atoms. The van der Waals surface area contributed by atoms with Crippen LogP contribution in [0.4, 0.5) is 5.69 Å². The average molecular weight is 551 g/mol. The Morgan fingerprint density at radius 2 is 1.85 bits per heavy atom. The molecular weight excluding hydrogens is 526 g/mol. The van der Waals surface area contributed by atoms with Crippen molar-refractivity contribution in [3.05, 3.63) is 68.9 Å². The first-order valence-corrected chi connectivity index (χ1v) is 12.5. The van der Waals surface area contributed by atoms with Gasteiger partial charge in [0.2, 0.25) is 5.91 Å². The summed E-state index contributed by atoms with van der Waals surface area (Å²) < 4.78 is 2.58. The maximum absolute atomic E-state index is 12.8. The van der Waals surface area contributed by atoms with Gasteiger partial charge in [-0.2, -0.15) is 0 Å². The summed E-state index contributed by atoms with van der Waals surface area (Å²) in [6.07, 6.45) is 0. The standard InChI is InChI=1S/C23H25BrClN5O2S/c1-13(2)20(27-22(32)15-7-5-14(3)6-8-15)21-28-29-23(30(21)4)33-12-19(31)26-16-9-10-17(24)18(25)11-16/h5-11,13,20H,12H2,1-4H3,(H,26,31)(H,27,32)/t20-/m0/s1. The maximum atomic E-state index is 12.8. The van der Waals surface area contributed by atoms with Crippen LogP contribution in [0.5, 0.6) is 0 Å². The number of anilines is 1. The summed E-state index contributed by atoms with van der Waals surface area (Å²) in [5.74, 6) is 0.523. The van der Waals surface area contributed by atoms with E-state index in [4.69, 9.17) is 11.6 Å². The zero-order valence-corrected chi connectivity index (χ0v) is 21.9. The van der Waals surface area contributed by atoms with Crippen LogP contribution in [0.25, 0.3) is 0 Å². The molecule has 0 saturated carbocycles. The molecule has 3 rings (SSSR count). The number of halogens is 2. The van der Waals surface area contributed by atoms with Crippen LogP contribution in [0.2, 0.25) is 5.02 Å². The molecule has 1 atom stereocenters. The molecule has 3 aromatic rings. The van der Waals surface area contributed by atoms with Crippen molar-refractivity contribution in [3.63, 3.8) is 0 Å². The van der Waals surface area contributed by atoms with E-state index in [0.29, 0.717) is 27.3 Å². The molecule has 33 heavy (non-hydrogen) atoms. The number of nitrogens with zero attached hydrogens (tertiary/aromatic N) is 3. The molecule has 0 unspecified atom stereocenters. The number of thioether (sulfide) groups is 1. The average Bonchev–Trinajstić information content (AvgIpc) is 3.13. The van der Waals surface area contributed by atoms with Gasteiger partial charge in [0, 0.05) is 22.8 Å². The van der Waals surface area contributed by atoms with Crippen molar-refractivity contribution >= 4 is 56.8 Å². The van der Waals surface area contributed by atoms with Gasteiger partial charge in [0.05, 0.1) is 16.8 Å². The number of rotatable bonds is 8. The Labute approximate surface area is 210 Å². The molecule has 0 radical (unpaired) electrons. The van der Waals surface area contributed by atoms with Gasteiger partial charge < -0.3 is 15.2 Å². The molecule has 0 spiro atoms. The normalized spacial score (nSPS) is 12.0. The van der Waals surface area contributed by atoms with Crippen LogP contribution in [0, 0.1) is 12.8 Å². The molecule has 2 amide bonds. The first kappa shape index (κ1) is 25.3. The van der Waals surface area contributed by atoms with Gasteiger partial charge in [-0.05, 0) is 59.1 Å². The molecular formula is C23H25BrClN5O2S. The second kappa shape index (κ2) is 11.2. The van der Waals surface area contributed by atoms with Crippen LogP contribution in [0.3, 0.4) is 0 Å². The Kier molecular flexibility index (Phi) is 8.56. The van der Waals surface area contributed by atoms with E-state index in [9.17, 15) is 9.59 Å². The fourth-order valence-electron chi connectivity index (χ4n) is 3.08. The molecule has 0 aliphatic carbocycles. The SMILES string of the molecule is Cc1ccc(C(=O)N[C@H](c2nnc(SCC(=O)Nc3ccc(Br)c(Cl)c3)n2C)C(C)C)cc1. The van der Waals surface area contributed by atoms with Crippen molar-refractivity contribution in [1.29, 1.82) is 0 Å². The summed E-state index contributed by atoms with van der Waals surface area (Å²) >= 11 is 10.7. The van der Waals surface area contributed by atoms with Crippen molar-refractivity contribution in [2.24, 2.45) is 13.0 Å². The summed E-state index contributed by atoms with van der Waals surface area (Å²) in [6, 6.07) is 12.3. The maximum Gasteiger partial charge on any atom is 0.251 e. The highest BCUT2D eigenvalue weighted by Crippen LogP contribution is 2.27. The minimum absolute atomic E-state index is 0.0885. The second-order valence-electron chi connectivity index (χ2n) is 7.93.